The van der Waals surface area contributed by atoms with Crippen molar-refractivity contribution in [3.63, 3.8) is 0 Å². The maximum absolute atomic E-state index is 5.05. The Morgan fingerprint density at radius 2 is 2.00 bits per heavy atom. The average molecular weight is 412 g/mol. The zero-order valence-corrected chi connectivity index (χ0v) is 16.2. The first-order chi connectivity index (χ1) is 9.80. The Morgan fingerprint density at radius 1 is 1.29 bits per heavy atom. The van der Waals surface area contributed by atoms with Gasteiger partial charge in [0.05, 0.1) is 0 Å². The fraction of sp³-hybridized carbons (Fsp3) is 0.933. The molecule has 0 unspecified atom stereocenters. The maximum atomic E-state index is 5.05. The van der Waals surface area contributed by atoms with Gasteiger partial charge in [-0.3, -0.25) is 4.99 Å². The Balaban J connectivity index is 0.00000400. The van der Waals surface area contributed by atoms with E-state index < -0.39 is 0 Å². The standard InChI is InChI=1S/C15H32N4O.HI/c1-4-10-19-11-7-14(8-12-19)18-15(16-5-2)17-9-6-13-20-3;/h14H,4-13H2,1-3H3,(H2,16,17,18);1H. The first-order valence-electron chi connectivity index (χ1n) is 8.06. The molecule has 1 rings (SSSR count). The van der Waals surface area contributed by atoms with Crippen LogP contribution in [0.3, 0.4) is 0 Å². The van der Waals surface area contributed by atoms with Crippen LogP contribution in [0.4, 0.5) is 0 Å². The molecule has 0 aromatic rings. The van der Waals surface area contributed by atoms with Crippen LogP contribution in [0, 0.1) is 0 Å². The molecule has 0 aromatic carbocycles. The van der Waals surface area contributed by atoms with Gasteiger partial charge in [0.15, 0.2) is 5.96 Å². The lowest BCUT2D eigenvalue weighted by atomic mass is 10.1. The van der Waals surface area contributed by atoms with E-state index in [9.17, 15) is 0 Å². The zero-order valence-electron chi connectivity index (χ0n) is 13.9. The molecule has 0 bridgehead atoms. The summed E-state index contributed by atoms with van der Waals surface area (Å²) in [5.74, 6) is 0.956. The van der Waals surface area contributed by atoms with Gasteiger partial charge in [0, 0.05) is 45.9 Å². The lowest BCUT2D eigenvalue weighted by Gasteiger charge is -2.32. The van der Waals surface area contributed by atoms with Crippen molar-refractivity contribution < 1.29 is 4.74 Å². The lowest BCUT2D eigenvalue weighted by Crippen LogP contribution is -2.48. The first kappa shape index (κ1) is 20.9. The molecular weight excluding hydrogens is 379 g/mol. The molecule has 126 valence electrons. The van der Waals surface area contributed by atoms with Crippen LogP contribution in [0.5, 0.6) is 0 Å². The van der Waals surface area contributed by atoms with Gasteiger partial charge < -0.3 is 20.3 Å². The Hall–Kier alpha value is -0.0800. The molecule has 21 heavy (non-hydrogen) atoms. The van der Waals surface area contributed by atoms with E-state index in [2.05, 4.69) is 34.4 Å². The molecule has 0 aliphatic carbocycles. The van der Waals surface area contributed by atoms with Crippen molar-refractivity contribution >= 4 is 29.9 Å². The number of nitrogens with one attached hydrogen (secondary N) is 2. The number of hydrogen-bond donors (Lipinski definition) is 2. The summed E-state index contributed by atoms with van der Waals surface area (Å²) >= 11 is 0. The number of hydrogen-bond acceptors (Lipinski definition) is 3. The van der Waals surface area contributed by atoms with Crippen LogP contribution in [0.25, 0.3) is 0 Å². The molecule has 0 radical (unpaired) electrons. The highest BCUT2D eigenvalue weighted by molar-refractivity contribution is 14.0. The number of nitrogens with zero attached hydrogens (tertiary/aromatic N) is 2. The van der Waals surface area contributed by atoms with Crippen molar-refractivity contribution in [1.82, 2.24) is 15.5 Å². The summed E-state index contributed by atoms with van der Waals surface area (Å²) < 4.78 is 5.05. The van der Waals surface area contributed by atoms with E-state index in [1.54, 1.807) is 7.11 Å². The predicted octanol–water partition coefficient (Wildman–Crippen LogP) is 2.07. The van der Waals surface area contributed by atoms with E-state index in [4.69, 9.17) is 4.74 Å². The van der Waals surface area contributed by atoms with Crippen molar-refractivity contribution in [3.8, 4) is 0 Å². The van der Waals surface area contributed by atoms with Crippen LogP contribution in [0.2, 0.25) is 0 Å². The van der Waals surface area contributed by atoms with Gasteiger partial charge in [0.1, 0.15) is 0 Å². The number of guanidine groups is 1. The summed E-state index contributed by atoms with van der Waals surface area (Å²) in [4.78, 5) is 7.16. The number of ether oxygens (including phenoxy) is 1. The van der Waals surface area contributed by atoms with Crippen LogP contribution >= 0.6 is 24.0 Å². The highest BCUT2D eigenvalue weighted by Gasteiger charge is 2.19. The molecule has 6 heteroatoms. The molecule has 0 aromatic heterocycles. The smallest absolute Gasteiger partial charge is 0.191 e. The minimum absolute atomic E-state index is 0. The summed E-state index contributed by atoms with van der Waals surface area (Å²) in [6.07, 6.45) is 4.65. The molecule has 1 aliphatic rings. The Labute approximate surface area is 147 Å². The van der Waals surface area contributed by atoms with E-state index in [1.165, 1.54) is 38.9 Å². The quantitative estimate of drug-likeness (QED) is 0.277. The van der Waals surface area contributed by atoms with Crippen molar-refractivity contribution in [1.29, 1.82) is 0 Å². The lowest BCUT2D eigenvalue weighted by molar-refractivity contribution is 0.196. The predicted molar refractivity (Wildman–Crippen MR) is 101 cm³/mol. The fourth-order valence-corrected chi connectivity index (χ4v) is 2.53. The number of rotatable bonds is 8. The third-order valence-electron chi connectivity index (χ3n) is 3.59. The van der Waals surface area contributed by atoms with E-state index in [0.717, 1.165) is 32.1 Å². The van der Waals surface area contributed by atoms with E-state index in [-0.39, 0.29) is 24.0 Å². The van der Waals surface area contributed by atoms with Crippen LogP contribution < -0.4 is 10.6 Å². The molecule has 0 atom stereocenters. The first-order valence-corrected chi connectivity index (χ1v) is 8.06. The highest BCUT2D eigenvalue weighted by Crippen LogP contribution is 2.10. The minimum atomic E-state index is 0. The van der Waals surface area contributed by atoms with Gasteiger partial charge in [-0.1, -0.05) is 6.92 Å². The molecule has 1 saturated heterocycles. The zero-order chi connectivity index (χ0) is 14.6. The molecule has 5 nitrogen and oxygen atoms in total. The Kier molecular flexibility index (Phi) is 13.5. The third kappa shape index (κ3) is 9.52. The van der Waals surface area contributed by atoms with E-state index in [1.807, 2.05) is 0 Å². The molecule has 0 saturated carbocycles. The van der Waals surface area contributed by atoms with Gasteiger partial charge in [-0.25, -0.2) is 0 Å². The third-order valence-corrected chi connectivity index (χ3v) is 3.59. The van der Waals surface area contributed by atoms with Crippen LogP contribution in [-0.4, -0.2) is 63.3 Å². The highest BCUT2D eigenvalue weighted by atomic mass is 127. The molecule has 1 fully saturated rings. The topological polar surface area (TPSA) is 48.9 Å². The number of piperidine rings is 1. The number of aliphatic imine (C=N–C) groups is 1. The maximum Gasteiger partial charge on any atom is 0.191 e. The number of likely N-dealkylation sites (tertiary alicyclic amines) is 1. The Bertz CT molecular complexity index is 268. The van der Waals surface area contributed by atoms with Gasteiger partial charge in [-0.15, -0.1) is 24.0 Å². The molecule has 1 aliphatic heterocycles. The summed E-state index contributed by atoms with van der Waals surface area (Å²) in [6.45, 7) is 10.5. The summed E-state index contributed by atoms with van der Waals surface area (Å²) in [5.41, 5.74) is 0. The normalized spacial score (nSPS) is 17.4. The summed E-state index contributed by atoms with van der Waals surface area (Å²) in [5, 5.41) is 6.90. The second-order valence-corrected chi connectivity index (χ2v) is 5.37. The largest absolute Gasteiger partial charge is 0.385 e. The van der Waals surface area contributed by atoms with E-state index >= 15 is 0 Å². The molecule has 0 spiro atoms. The van der Waals surface area contributed by atoms with Gasteiger partial charge in [-0.2, -0.15) is 0 Å². The van der Waals surface area contributed by atoms with Gasteiger partial charge in [0.25, 0.3) is 0 Å². The SMILES string of the molecule is CCCN1CCC(NC(=NCCCOC)NCC)CC1.I. The van der Waals surface area contributed by atoms with Crippen molar-refractivity contribution in [3.05, 3.63) is 0 Å². The number of methoxy groups -OCH3 is 1. The van der Waals surface area contributed by atoms with Gasteiger partial charge in [0.2, 0.25) is 0 Å². The summed E-state index contributed by atoms with van der Waals surface area (Å²) in [6, 6.07) is 0.559. The van der Waals surface area contributed by atoms with E-state index in [0.29, 0.717) is 6.04 Å². The van der Waals surface area contributed by atoms with Crippen molar-refractivity contribution in [2.75, 3.05) is 46.4 Å². The van der Waals surface area contributed by atoms with Gasteiger partial charge >= 0.3 is 0 Å². The van der Waals surface area contributed by atoms with Crippen molar-refractivity contribution in [2.24, 2.45) is 4.99 Å². The van der Waals surface area contributed by atoms with Crippen LogP contribution in [0.15, 0.2) is 4.99 Å². The summed E-state index contributed by atoms with van der Waals surface area (Å²) in [7, 11) is 1.73. The van der Waals surface area contributed by atoms with Crippen LogP contribution in [-0.2, 0) is 4.74 Å². The van der Waals surface area contributed by atoms with Crippen LogP contribution in [0.1, 0.15) is 39.5 Å². The monoisotopic (exact) mass is 412 g/mol. The fourth-order valence-electron chi connectivity index (χ4n) is 2.53. The van der Waals surface area contributed by atoms with Gasteiger partial charge in [-0.05, 0) is 39.2 Å². The molecule has 2 N–H and O–H groups in total. The second kappa shape index (κ2) is 13.6. The average Bonchev–Trinajstić information content (AvgIpc) is 2.46. The van der Waals surface area contributed by atoms with Crippen molar-refractivity contribution in [2.45, 2.75) is 45.6 Å². The molecule has 1 heterocycles. The minimum Gasteiger partial charge on any atom is -0.385 e. The number of halogens is 1. The molecular formula is C15H33IN4O. The second-order valence-electron chi connectivity index (χ2n) is 5.37. The Morgan fingerprint density at radius 3 is 2.57 bits per heavy atom. The molecule has 0 amide bonds.